The number of aryl methyl sites for hydroxylation is 3. The third kappa shape index (κ3) is 4.71. The predicted octanol–water partition coefficient (Wildman–Crippen LogP) is 3.27. The van der Waals surface area contributed by atoms with Crippen molar-refractivity contribution in [1.29, 1.82) is 0 Å². The molecule has 1 unspecified atom stereocenters. The minimum Gasteiger partial charge on any atom is -0.314 e. The topological polar surface area (TPSA) is 29.9 Å². The molecule has 1 heterocycles. The summed E-state index contributed by atoms with van der Waals surface area (Å²) in [6.45, 7) is 5.51. The van der Waals surface area contributed by atoms with Gasteiger partial charge in [-0.15, -0.1) is 0 Å². The van der Waals surface area contributed by atoms with Gasteiger partial charge in [-0.05, 0) is 56.3 Å². The summed E-state index contributed by atoms with van der Waals surface area (Å²) < 4.78 is 1.98. The highest BCUT2D eigenvalue weighted by atomic mass is 15.2. The summed E-state index contributed by atoms with van der Waals surface area (Å²) in [5.74, 6) is 0. The number of nitrogens with zero attached hydrogens (tertiary/aromatic N) is 2. The highest BCUT2D eigenvalue weighted by molar-refractivity contribution is 5.26. The number of hydrogen-bond acceptors (Lipinski definition) is 2. The molecule has 2 aromatic rings. The van der Waals surface area contributed by atoms with Crippen molar-refractivity contribution in [1.82, 2.24) is 15.1 Å². The molecule has 0 fully saturated rings. The van der Waals surface area contributed by atoms with Gasteiger partial charge in [-0.1, -0.05) is 31.2 Å². The van der Waals surface area contributed by atoms with E-state index in [1.807, 2.05) is 17.9 Å². The Morgan fingerprint density at radius 1 is 1.24 bits per heavy atom. The lowest BCUT2D eigenvalue weighted by molar-refractivity contribution is 0.471. The minimum absolute atomic E-state index is 0.529. The van der Waals surface area contributed by atoms with E-state index in [0.717, 1.165) is 25.8 Å². The Morgan fingerprint density at radius 3 is 2.71 bits per heavy atom. The first-order valence-electron chi connectivity index (χ1n) is 7.95. The van der Waals surface area contributed by atoms with Gasteiger partial charge in [0.2, 0.25) is 0 Å². The van der Waals surface area contributed by atoms with Crippen LogP contribution in [0.4, 0.5) is 0 Å². The summed E-state index contributed by atoms with van der Waals surface area (Å²) in [6, 6.07) is 11.3. The normalized spacial score (nSPS) is 12.5. The highest BCUT2D eigenvalue weighted by Crippen LogP contribution is 2.13. The molecule has 2 rings (SSSR count). The molecule has 21 heavy (non-hydrogen) atoms. The molecule has 0 aliphatic heterocycles. The predicted molar refractivity (Wildman–Crippen MR) is 88.5 cm³/mol. The molecule has 0 bridgehead atoms. The van der Waals surface area contributed by atoms with Gasteiger partial charge >= 0.3 is 0 Å². The van der Waals surface area contributed by atoms with Crippen molar-refractivity contribution in [2.45, 2.75) is 45.6 Å². The Morgan fingerprint density at radius 2 is 2.05 bits per heavy atom. The zero-order valence-electron chi connectivity index (χ0n) is 13.5. The maximum atomic E-state index is 4.25. The van der Waals surface area contributed by atoms with Gasteiger partial charge in [0, 0.05) is 25.0 Å². The van der Waals surface area contributed by atoms with Crippen LogP contribution in [-0.4, -0.2) is 22.4 Å². The van der Waals surface area contributed by atoms with E-state index in [0.29, 0.717) is 6.04 Å². The Balaban J connectivity index is 1.97. The quantitative estimate of drug-likeness (QED) is 0.806. The van der Waals surface area contributed by atoms with Crippen LogP contribution in [0, 0.1) is 6.92 Å². The second-order valence-corrected chi connectivity index (χ2v) is 5.77. The van der Waals surface area contributed by atoms with E-state index in [9.17, 15) is 0 Å². The summed E-state index contributed by atoms with van der Waals surface area (Å²) >= 11 is 0. The molecule has 0 saturated heterocycles. The summed E-state index contributed by atoms with van der Waals surface area (Å²) in [5, 5.41) is 7.95. The lowest BCUT2D eigenvalue weighted by atomic mass is 9.97. The summed E-state index contributed by atoms with van der Waals surface area (Å²) in [7, 11) is 2.02. The van der Waals surface area contributed by atoms with E-state index in [1.165, 1.54) is 23.2 Å². The number of nitrogens with one attached hydrogen (secondary N) is 1. The lowest BCUT2D eigenvalue weighted by Crippen LogP contribution is -2.32. The smallest absolute Gasteiger partial charge is 0.0492 e. The summed E-state index contributed by atoms with van der Waals surface area (Å²) in [6.07, 6.45) is 6.38. The van der Waals surface area contributed by atoms with Gasteiger partial charge < -0.3 is 5.32 Å². The fraction of sp³-hybridized carbons (Fsp3) is 0.500. The van der Waals surface area contributed by atoms with Gasteiger partial charge in [0.25, 0.3) is 0 Å². The molecule has 1 aromatic heterocycles. The first-order chi connectivity index (χ1) is 10.2. The molecule has 0 saturated carbocycles. The maximum Gasteiger partial charge on any atom is 0.0492 e. The molecule has 3 nitrogen and oxygen atoms in total. The number of aromatic nitrogens is 2. The van der Waals surface area contributed by atoms with Crippen molar-refractivity contribution in [3.05, 3.63) is 53.3 Å². The van der Waals surface area contributed by atoms with Gasteiger partial charge in [0.1, 0.15) is 0 Å². The molecule has 1 aromatic carbocycles. The number of benzene rings is 1. The standard InChI is InChI=1S/C18H27N3/c1-4-12-19-17(9-10-18-11-13-20-21(18)3)14-16-8-6-5-7-15(16)2/h5-8,11,13,17,19H,4,9-10,12,14H2,1-3H3. The Labute approximate surface area is 128 Å². The van der Waals surface area contributed by atoms with E-state index in [-0.39, 0.29) is 0 Å². The van der Waals surface area contributed by atoms with Crippen LogP contribution >= 0.6 is 0 Å². The van der Waals surface area contributed by atoms with Crippen molar-refractivity contribution in [3.63, 3.8) is 0 Å². The molecule has 1 N–H and O–H groups in total. The molecule has 1 atom stereocenters. The Bertz CT molecular complexity index is 545. The SMILES string of the molecule is CCCNC(CCc1ccnn1C)Cc1ccccc1C. The van der Waals surface area contributed by atoms with E-state index in [4.69, 9.17) is 0 Å². The molecule has 0 aliphatic carbocycles. The van der Waals surface area contributed by atoms with Crippen LogP contribution in [0.1, 0.15) is 36.6 Å². The molecule has 0 spiro atoms. The second-order valence-electron chi connectivity index (χ2n) is 5.77. The summed E-state index contributed by atoms with van der Waals surface area (Å²) in [4.78, 5) is 0. The number of rotatable bonds is 8. The van der Waals surface area contributed by atoms with Crippen molar-refractivity contribution >= 4 is 0 Å². The van der Waals surface area contributed by atoms with E-state index < -0.39 is 0 Å². The zero-order chi connectivity index (χ0) is 15.1. The molecule has 0 aliphatic rings. The van der Waals surface area contributed by atoms with Crippen LogP contribution in [0.3, 0.4) is 0 Å². The fourth-order valence-corrected chi connectivity index (χ4v) is 2.70. The largest absolute Gasteiger partial charge is 0.314 e. The van der Waals surface area contributed by atoms with E-state index in [2.05, 4.69) is 54.6 Å². The van der Waals surface area contributed by atoms with Crippen LogP contribution in [0.5, 0.6) is 0 Å². The van der Waals surface area contributed by atoms with Crippen LogP contribution in [0.2, 0.25) is 0 Å². The van der Waals surface area contributed by atoms with Gasteiger partial charge in [-0.2, -0.15) is 5.10 Å². The molecule has 114 valence electrons. The van der Waals surface area contributed by atoms with Gasteiger partial charge in [-0.25, -0.2) is 0 Å². The fourth-order valence-electron chi connectivity index (χ4n) is 2.70. The lowest BCUT2D eigenvalue weighted by Gasteiger charge is -2.19. The highest BCUT2D eigenvalue weighted by Gasteiger charge is 2.11. The first kappa shape index (κ1) is 15.8. The average molecular weight is 285 g/mol. The number of hydrogen-bond donors (Lipinski definition) is 1. The third-order valence-corrected chi connectivity index (χ3v) is 4.08. The minimum atomic E-state index is 0.529. The zero-order valence-corrected chi connectivity index (χ0v) is 13.5. The van der Waals surface area contributed by atoms with Crippen LogP contribution in [0.15, 0.2) is 36.5 Å². The Hall–Kier alpha value is -1.61. The average Bonchev–Trinajstić information content (AvgIpc) is 2.89. The van der Waals surface area contributed by atoms with E-state index >= 15 is 0 Å². The van der Waals surface area contributed by atoms with Crippen LogP contribution < -0.4 is 5.32 Å². The van der Waals surface area contributed by atoms with Crippen molar-refractivity contribution in [2.24, 2.45) is 7.05 Å². The van der Waals surface area contributed by atoms with Gasteiger partial charge in [0.15, 0.2) is 0 Å². The molecular formula is C18H27N3. The first-order valence-corrected chi connectivity index (χ1v) is 7.95. The van der Waals surface area contributed by atoms with Crippen molar-refractivity contribution in [2.75, 3.05) is 6.54 Å². The molecule has 3 heteroatoms. The maximum absolute atomic E-state index is 4.25. The van der Waals surface area contributed by atoms with Crippen molar-refractivity contribution in [3.8, 4) is 0 Å². The van der Waals surface area contributed by atoms with E-state index in [1.54, 1.807) is 0 Å². The monoisotopic (exact) mass is 285 g/mol. The van der Waals surface area contributed by atoms with Crippen LogP contribution in [-0.2, 0) is 19.9 Å². The molecule has 0 radical (unpaired) electrons. The summed E-state index contributed by atoms with van der Waals surface area (Å²) in [5.41, 5.74) is 4.15. The van der Waals surface area contributed by atoms with Crippen LogP contribution in [0.25, 0.3) is 0 Å². The Kier molecular flexibility index (Phi) is 6.00. The third-order valence-electron chi connectivity index (χ3n) is 4.08. The molecular weight excluding hydrogens is 258 g/mol. The second kappa shape index (κ2) is 7.99. The molecule has 0 amide bonds. The van der Waals surface area contributed by atoms with Crippen molar-refractivity contribution < 1.29 is 0 Å². The van der Waals surface area contributed by atoms with Gasteiger partial charge in [0.05, 0.1) is 0 Å². The van der Waals surface area contributed by atoms with Gasteiger partial charge in [-0.3, -0.25) is 4.68 Å².